The van der Waals surface area contributed by atoms with Crippen molar-refractivity contribution in [2.75, 3.05) is 0 Å². The zero-order chi connectivity index (χ0) is 17.0. The standard InChI is InChI=1S/C14H12ClN3O4S/c1-10-2-7-13(8-14(10)18(19)20)23(21,22)17-16-9-11-3-5-12(15)6-4-11/h2-9,17H,1H3/b16-9+. The topological polar surface area (TPSA) is 102 Å². The van der Waals surface area contributed by atoms with Crippen molar-refractivity contribution in [2.24, 2.45) is 5.10 Å². The fourth-order valence-electron chi connectivity index (χ4n) is 1.72. The summed E-state index contributed by atoms with van der Waals surface area (Å²) in [7, 11) is -3.99. The van der Waals surface area contributed by atoms with Crippen LogP contribution in [-0.4, -0.2) is 19.6 Å². The third kappa shape index (κ3) is 4.27. The van der Waals surface area contributed by atoms with Gasteiger partial charge in [0.25, 0.3) is 15.7 Å². The van der Waals surface area contributed by atoms with E-state index in [2.05, 4.69) is 5.10 Å². The van der Waals surface area contributed by atoms with Gasteiger partial charge in [0, 0.05) is 16.7 Å². The Balaban J connectivity index is 2.20. The number of hydrogen-bond acceptors (Lipinski definition) is 5. The summed E-state index contributed by atoms with van der Waals surface area (Å²) in [5.74, 6) is 0. The van der Waals surface area contributed by atoms with Gasteiger partial charge in [-0.15, -0.1) is 0 Å². The van der Waals surface area contributed by atoms with E-state index in [-0.39, 0.29) is 10.6 Å². The second-order valence-corrected chi connectivity index (χ2v) is 6.71. The van der Waals surface area contributed by atoms with E-state index in [0.717, 1.165) is 6.07 Å². The average molecular weight is 354 g/mol. The molecule has 23 heavy (non-hydrogen) atoms. The van der Waals surface area contributed by atoms with Gasteiger partial charge in [-0.25, -0.2) is 4.83 Å². The number of halogens is 1. The van der Waals surface area contributed by atoms with Crippen LogP contribution in [0.15, 0.2) is 52.5 Å². The van der Waals surface area contributed by atoms with Gasteiger partial charge in [0.1, 0.15) is 0 Å². The van der Waals surface area contributed by atoms with E-state index in [1.165, 1.54) is 25.3 Å². The van der Waals surface area contributed by atoms with Crippen molar-refractivity contribution in [1.29, 1.82) is 0 Å². The fourth-order valence-corrected chi connectivity index (χ4v) is 2.66. The molecular formula is C14H12ClN3O4S. The van der Waals surface area contributed by atoms with E-state index in [1.807, 2.05) is 4.83 Å². The molecule has 2 aromatic rings. The predicted octanol–water partition coefficient (Wildman–Crippen LogP) is 2.87. The van der Waals surface area contributed by atoms with E-state index < -0.39 is 14.9 Å². The molecule has 7 nitrogen and oxygen atoms in total. The van der Waals surface area contributed by atoms with Crippen molar-refractivity contribution in [3.63, 3.8) is 0 Å². The second-order valence-electron chi connectivity index (χ2n) is 4.61. The Bertz CT molecular complexity index is 864. The molecule has 0 fully saturated rings. The van der Waals surface area contributed by atoms with Gasteiger partial charge in [0.2, 0.25) is 0 Å². The molecule has 0 saturated heterocycles. The monoisotopic (exact) mass is 353 g/mol. The number of nitrogens with zero attached hydrogens (tertiary/aromatic N) is 2. The van der Waals surface area contributed by atoms with Gasteiger partial charge in [-0.1, -0.05) is 29.8 Å². The lowest BCUT2D eigenvalue weighted by atomic mass is 10.2. The molecule has 0 heterocycles. The van der Waals surface area contributed by atoms with Crippen LogP contribution < -0.4 is 4.83 Å². The highest BCUT2D eigenvalue weighted by Gasteiger charge is 2.19. The fraction of sp³-hybridized carbons (Fsp3) is 0.0714. The molecule has 0 radical (unpaired) electrons. The summed E-state index contributed by atoms with van der Waals surface area (Å²) in [5, 5.41) is 15.1. The summed E-state index contributed by atoms with van der Waals surface area (Å²) in [4.78, 5) is 12.0. The van der Waals surface area contributed by atoms with Gasteiger partial charge in [-0.2, -0.15) is 13.5 Å². The molecule has 120 valence electrons. The van der Waals surface area contributed by atoms with Crippen LogP contribution in [-0.2, 0) is 10.0 Å². The lowest BCUT2D eigenvalue weighted by molar-refractivity contribution is -0.385. The number of nitro benzene ring substituents is 1. The van der Waals surface area contributed by atoms with Gasteiger partial charge < -0.3 is 0 Å². The zero-order valence-electron chi connectivity index (χ0n) is 11.9. The first-order valence-electron chi connectivity index (χ1n) is 6.35. The van der Waals surface area contributed by atoms with Crippen LogP contribution in [0.4, 0.5) is 5.69 Å². The maximum atomic E-state index is 12.1. The number of hydrazone groups is 1. The van der Waals surface area contributed by atoms with Crippen LogP contribution in [0.5, 0.6) is 0 Å². The van der Waals surface area contributed by atoms with Crippen LogP contribution in [0.3, 0.4) is 0 Å². The van der Waals surface area contributed by atoms with Gasteiger partial charge in [0.05, 0.1) is 16.0 Å². The number of rotatable bonds is 5. The SMILES string of the molecule is Cc1ccc(S(=O)(=O)N/N=C/c2ccc(Cl)cc2)cc1[N+](=O)[O-]. The van der Waals surface area contributed by atoms with E-state index in [1.54, 1.807) is 24.3 Å². The predicted molar refractivity (Wildman–Crippen MR) is 87.2 cm³/mol. The summed E-state index contributed by atoms with van der Waals surface area (Å²) in [6, 6.07) is 10.3. The minimum absolute atomic E-state index is 0.233. The quantitative estimate of drug-likeness (QED) is 0.507. The molecule has 0 atom stereocenters. The number of sulfonamides is 1. The van der Waals surface area contributed by atoms with E-state index >= 15 is 0 Å². The largest absolute Gasteiger partial charge is 0.276 e. The lowest BCUT2D eigenvalue weighted by Gasteiger charge is -2.04. The van der Waals surface area contributed by atoms with Crippen LogP contribution in [0.2, 0.25) is 5.02 Å². The molecule has 0 aromatic heterocycles. The van der Waals surface area contributed by atoms with Gasteiger partial charge in [0.15, 0.2) is 0 Å². The van der Waals surface area contributed by atoms with Gasteiger partial charge in [-0.3, -0.25) is 10.1 Å². The summed E-state index contributed by atoms with van der Waals surface area (Å²) in [6.07, 6.45) is 1.30. The molecule has 9 heteroatoms. The third-order valence-corrected chi connectivity index (χ3v) is 4.42. The summed E-state index contributed by atoms with van der Waals surface area (Å²) in [5.41, 5.74) is 0.750. The Morgan fingerprint density at radius 2 is 1.87 bits per heavy atom. The Hall–Kier alpha value is -2.45. The number of benzene rings is 2. The first-order valence-corrected chi connectivity index (χ1v) is 8.21. The van der Waals surface area contributed by atoms with Crippen molar-refractivity contribution >= 4 is 33.5 Å². The summed E-state index contributed by atoms with van der Waals surface area (Å²) < 4.78 is 24.2. The average Bonchev–Trinajstić information content (AvgIpc) is 2.49. The van der Waals surface area contributed by atoms with E-state index in [4.69, 9.17) is 11.6 Å². The highest BCUT2D eigenvalue weighted by Crippen LogP contribution is 2.22. The molecule has 0 spiro atoms. The molecule has 0 saturated carbocycles. The molecule has 0 bridgehead atoms. The molecular weight excluding hydrogens is 342 g/mol. The molecule has 2 rings (SSSR count). The Morgan fingerprint density at radius 3 is 2.48 bits per heavy atom. The molecule has 1 N–H and O–H groups in total. The second kappa shape index (κ2) is 6.76. The number of nitro groups is 1. The molecule has 0 aliphatic carbocycles. The smallest absolute Gasteiger partial charge is 0.258 e. The Labute approximate surface area is 137 Å². The van der Waals surface area contributed by atoms with Gasteiger partial charge in [-0.05, 0) is 30.7 Å². The van der Waals surface area contributed by atoms with Crippen LogP contribution in [0, 0.1) is 17.0 Å². The van der Waals surface area contributed by atoms with Crippen LogP contribution >= 0.6 is 11.6 Å². The minimum atomic E-state index is -3.99. The molecule has 0 aliphatic rings. The minimum Gasteiger partial charge on any atom is -0.258 e. The van der Waals surface area contributed by atoms with E-state index in [9.17, 15) is 18.5 Å². The molecule has 0 unspecified atom stereocenters. The molecule has 0 amide bonds. The van der Waals surface area contributed by atoms with Crippen molar-refractivity contribution in [2.45, 2.75) is 11.8 Å². The maximum Gasteiger partial charge on any atom is 0.276 e. The van der Waals surface area contributed by atoms with Crippen molar-refractivity contribution in [1.82, 2.24) is 4.83 Å². The normalized spacial score (nSPS) is 11.6. The highest BCUT2D eigenvalue weighted by atomic mass is 35.5. The Morgan fingerprint density at radius 1 is 1.22 bits per heavy atom. The first kappa shape index (κ1) is 16.9. The van der Waals surface area contributed by atoms with Gasteiger partial charge >= 0.3 is 0 Å². The van der Waals surface area contributed by atoms with Crippen molar-refractivity contribution in [3.8, 4) is 0 Å². The van der Waals surface area contributed by atoms with E-state index in [0.29, 0.717) is 16.1 Å². The van der Waals surface area contributed by atoms with Crippen molar-refractivity contribution in [3.05, 3.63) is 68.7 Å². The summed E-state index contributed by atoms with van der Waals surface area (Å²) >= 11 is 5.74. The highest BCUT2D eigenvalue weighted by molar-refractivity contribution is 7.89. The number of nitrogens with one attached hydrogen (secondary N) is 1. The lowest BCUT2D eigenvalue weighted by Crippen LogP contribution is -2.18. The first-order chi connectivity index (χ1) is 10.8. The molecule has 0 aliphatic heterocycles. The maximum absolute atomic E-state index is 12.1. The zero-order valence-corrected chi connectivity index (χ0v) is 13.5. The van der Waals surface area contributed by atoms with Crippen molar-refractivity contribution < 1.29 is 13.3 Å². The third-order valence-electron chi connectivity index (χ3n) is 2.94. The van der Waals surface area contributed by atoms with Crippen LogP contribution in [0.1, 0.15) is 11.1 Å². The van der Waals surface area contributed by atoms with Crippen LogP contribution in [0.25, 0.3) is 0 Å². The number of aryl methyl sites for hydroxylation is 1. The number of hydrogen-bond donors (Lipinski definition) is 1. The molecule has 2 aromatic carbocycles. The summed E-state index contributed by atoms with van der Waals surface area (Å²) in [6.45, 7) is 1.53. The Kier molecular flexibility index (Phi) is 4.97.